The van der Waals surface area contributed by atoms with Gasteiger partial charge in [0.25, 0.3) is 11.5 Å². The van der Waals surface area contributed by atoms with Gasteiger partial charge in [0.05, 0.1) is 6.21 Å². The van der Waals surface area contributed by atoms with E-state index in [4.69, 9.17) is 0 Å². The molecule has 2 rings (SSSR count). The second-order valence-electron chi connectivity index (χ2n) is 6.58. The second kappa shape index (κ2) is 7.25. The van der Waals surface area contributed by atoms with E-state index in [0.717, 1.165) is 5.56 Å². The van der Waals surface area contributed by atoms with Crippen LogP contribution in [0.4, 0.5) is 0 Å². The number of benzene rings is 1. The van der Waals surface area contributed by atoms with Gasteiger partial charge >= 0.3 is 0 Å². The van der Waals surface area contributed by atoms with Gasteiger partial charge in [0.2, 0.25) is 0 Å². The minimum atomic E-state index is -0.509. The molecule has 1 N–H and O–H groups in total. The highest BCUT2D eigenvalue weighted by atomic mass is 16.2. The molecule has 1 aromatic heterocycles. The van der Waals surface area contributed by atoms with E-state index >= 15 is 0 Å². The number of amides is 1. The predicted octanol–water partition coefficient (Wildman–Crippen LogP) is 2.93. The fraction of sp³-hybridized carbons (Fsp3) is 0.316. The number of pyridine rings is 1. The van der Waals surface area contributed by atoms with Crippen molar-refractivity contribution >= 4 is 12.1 Å². The molecule has 0 radical (unpaired) electrons. The van der Waals surface area contributed by atoms with Crippen LogP contribution in [0.3, 0.4) is 0 Å². The fourth-order valence-corrected chi connectivity index (χ4v) is 2.25. The van der Waals surface area contributed by atoms with Crippen molar-refractivity contribution in [2.75, 3.05) is 0 Å². The van der Waals surface area contributed by atoms with Gasteiger partial charge in [-0.3, -0.25) is 9.59 Å². The third-order valence-electron chi connectivity index (χ3n) is 3.76. The Bertz CT molecular complexity index is 797. The van der Waals surface area contributed by atoms with E-state index in [0.29, 0.717) is 6.54 Å². The van der Waals surface area contributed by atoms with E-state index in [2.05, 4.69) is 31.3 Å². The molecular formula is C19H23N3O2. The third kappa shape index (κ3) is 4.19. The Morgan fingerprint density at radius 3 is 2.46 bits per heavy atom. The topological polar surface area (TPSA) is 63.5 Å². The molecule has 0 aliphatic carbocycles. The van der Waals surface area contributed by atoms with Gasteiger partial charge < -0.3 is 4.57 Å². The van der Waals surface area contributed by atoms with Gasteiger partial charge in [0.15, 0.2) is 0 Å². The van der Waals surface area contributed by atoms with Crippen molar-refractivity contribution in [2.45, 2.75) is 39.7 Å². The molecule has 0 aliphatic heterocycles. The summed E-state index contributed by atoms with van der Waals surface area (Å²) < 4.78 is 1.48. The molecule has 0 aliphatic rings. The standard InChI is InChI=1S/C19H23N3O2/c1-5-22-12-6-7-16(18(22)24)17(23)21-20-13-14-8-10-15(11-9-14)19(2,3)4/h6-13H,5H2,1-4H3,(H,21,23)/b20-13-. The van der Waals surface area contributed by atoms with Crippen LogP contribution in [-0.2, 0) is 12.0 Å². The molecule has 5 heteroatoms. The number of carbonyl (C=O) groups excluding carboxylic acids is 1. The van der Waals surface area contributed by atoms with E-state index in [1.165, 1.54) is 16.2 Å². The molecule has 126 valence electrons. The van der Waals surface area contributed by atoms with Crippen molar-refractivity contribution in [3.8, 4) is 0 Å². The summed E-state index contributed by atoms with van der Waals surface area (Å²) in [7, 11) is 0. The average Bonchev–Trinajstić information content (AvgIpc) is 2.54. The Morgan fingerprint density at radius 1 is 1.21 bits per heavy atom. The Balaban J connectivity index is 2.06. The van der Waals surface area contributed by atoms with Gasteiger partial charge in [-0.1, -0.05) is 45.0 Å². The number of carbonyl (C=O) groups is 1. The van der Waals surface area contributed by atoms with Crippen molar-refractivity contribution in [2.24, 2.45) is 5.10 Å². The molecule has 0 atom stereocenters. The lowest BCUT2D eigenvalue weighted by Gasteiger charge is -2.18. The highest BCUT2D eigenvalue weighted by Gasteiger charge is 2.13. The molecule has 2 aromatic rings. The van der Waals surface area contributed by atoms with Crippen LogP contribution in [0.15, 0.2) is 52.5 Å². The number of aryl methyl sites for hydroxylation is 1. The van der Waals surface area contributed by atoms with E-state index in [9.17, 15) is 9.59 Å². The number of hydrazone groups is 1. The maximum atomic E-state index is 12.1. The van der Waals surface area contributed by atoms with Gasteiger partial charge in [-0.05, 0) is 35.6 Å². The van der Waals surface area contributed by atoms with Crippen molar-refractivity contribution < 1.29 is 4.79 Å². The van der Waals surface area contributed by atoms with Gasteiger partial charge in [0.1, 0.15) is 5.56 Å². The van der Waals surface area contributed by atoms with Crippen LogP contribution < -0.4 is 11.0 Å². The quantitative estimate of drug-likeness (QED) is 0.694. The lowest BCUT2D eigenvalue weighted by atomic mass is 9.87. The van der Waals surface area contributed by atoms with Crippen LogP contribution in [0.1, 0.15) is 49.2 Å². The van der Waals surface area contributed by atoms with Crippen molar-refractivity contribution in [1.82, 2.24) is 9.99 Å². The Hall–Kier alpha value is -2.69. The first-order valence-corrected chi connectivity index (χ1v) is 7.96. The molecule has 0 spiro atoms. The minimum Gasteiger partial charge on any atom is -0.315 e. The largest absolute Gasteiger partial charge is 0.315 e. The summed E-state index contributed by atoms with van der Waals surface area (Å²) in [6.07, 6.45) is 3.21. The summed E-state index contributed by atoms with van der Waals surface area (Å²) in [5.74, 6) is -0.509. The molecule has 1 heterocycles. The van der Waals surface area contributed by atoms with Crippen LogP contribution >= 0.6 is 0 Å². The highest BCUT2D eigenvalue weighted by molar-refractivity contribution is 5.94. The highest BCUT2D eigenvalue weighted by Crippen LogP contribution is 2.21. The average molecular weight is 325 g/mol. The number of hydrogen-bond acceptors (Lipinski definition) is 3. The van der Waals surface area contributed by atoms with Gasteiger partial charge in [-0.2, -0.15) is 5.10 Å². The summed E-state index contributed by atoms with van der Waals surface area (Å²) in [6.45, 7) is 8.82. The lowest BCUT2D eigenvalue weighted by molar-refractivity contribution is 0.0953. The number of aromatic nitrogens is 1. The van der Waals surface area contributed by atoms with Gasteiger partial charge in [-0.25, -0.2) is 5.43 Å². The third-order valence-corrected chi connectivity index (χ3v) is 3.76. The number of hydrogen-bond donors (Lipinski definition) is 1. The van der Waals surface area contributed by atoms with Crippen LogP contribution in [0.2, 0.25) is 0 Å². The van der Waals surface area contributed by atoms with E-state index in [1.54, 1.807) is 18.5 Å². The van der Waals surface area contributed by atoms with E-state index in [1.807, 2.05) is 31.2 Å². The number of nitrogens with zero attached hydrogens (tertiary/aromatic N) is 2. The molecular weight excluding hydrogens is 302 g/mol. The summed E-state index contributed by atoms with van der Waals surface area (Å²) in [5.41, 5.74) is 4.37. The zero-order valence-corrected chi connectivity index (χ0v) is 14.5. The molecule has 1 amide bonds. The summed E-state index contributed by atoms with van der Waals surface area (Å²) in [6, 6.07) is 11.2. The smallest absolute Gasteiger partial charge is 0.276 e. The summed E-state index contributed by atoms with van der Waals surface area (Å²) in [5, 5.41) is 3.93. The summed E-state index contributed by atoms with van der Waals surface area (Å²) >= 11 is 0. The second-order valence-corrected chi connectivity index (χ2v) is 6.58. The molecule has 1 aromatic carbocycles. The molecule has 0 saturated heterocycles. The Morgan fingerprint density at radius 2 is 1.88 bits per heavy atom. The van der Waals surface area contributed by atoms with Crippen molar-refractivity contribution in [3.05, 3.63) is 69.6 Å². The zero-order valence-electron chi connectivity index (χ0n) is 14.5. The van der Waals surface area contributed by atoms with Gasteiger partial charge in [-0.15, -0.1) is 0 Å². The SMILES string of the molecule is CCn1cccc(C(=O)N/N=C\c2ccc(C(C)(C)C)cc2)c1=O. The predicted molar refractivity (Wildman–Crippen MR) is 96.6 cm³/mol. The zero-order chi connectivity index (χ0) is 17.7. The van der Waals surface area contributed by atoms with E-state index in [-0.39, 0.29) is 16.5 Å². The van der Waals surface area contributed by atoms with Crippen LogP contribution in [0.5, 0.6) is 0 Å². The van der Waals surface area contributed by atoms with Crippen molar-refractivity contribution in [1.29, 1.82) is 0 Å². The first-order valence-electron chi connectivity index (χ1n) is 7.96. The van der Waals surface area contributed by atoms with Crippen molar-refractivity contribution in [3.63, 3.8) is 0 Å². The molecule has 0 unspecified atom stereocenters. The molecule has 0 saturated carbocycles. The Labute approximate surface area is 142 Å². The van der Waals surface area contributed by atoms with E-state index < -0.39 is 5.91 Å². The van der Waals surface area contributed by atoms with Gasteiger partial charge in [0, 0.05) is 12.7 Å². The number of nitrogens with one attached hydrogen (secondary N) is 1. The normalized spacial score (nSPS) is 11.7. The maximum absolute atomic E-state index is 12.1. The lowest BCUT2D eigenvalue weighted by Crippen LogP contribution is -2.30. The summed E-state index contributed by atoms with van der Waals surface area (Å²) in [4.78, 5) is 24.1. The van der Waals surface area contributed by atoms with Crippen LogP contribution in [0.25, 0.3) is 0 Å². The molecule has 5 nitrogen and oxygen atoms in total. The first kappa shape index (κ1) is 17.7. The maximum Gasteiger partial charge on any atom is 0.276 e. The molecule has 24 heavy (non-hydrogen) atoms. The Kier molecular flexibility index (Phi) is 5.34. The molecule has 0 bridgehead atoms. The minimum absolute atomic E-state index is 0.0829. The first-order chi connectivity index (χ1) is 11.3. The fourth-order valence-electron chi connectivity index (χ4n) is 2.25. The van der Waals surface area contributed by atoms with Crippen LogP contribution in [-0.4, -0.2) is 16.7 Å². The monoisotopic (exact) mass is 325 g/mol. The van der Waals surface area contributed by atoms with Crippen LogP contribution in [0, 0.1) is 0 Å². The molecule has 0 fully saturated rings. The number of rotatable bonds is 4.